The highest BCUT2D eigenvalue weighted by Crippen LogP contribution is 2.25. The Kier molecular flexibility index (Phi) is 6.82. The summed E-state index contributed by atoms with van der Waals surface area (Å²) in [6.45, 7) is 7.23. The third-order valence-electron chi connectivity index (χ3n) is 3.65. The van der Waals surface area contributed by atoms with Crippen LogP contribution in [0.4, 0.5) is 0 Å². The SMILES string of the molecule is C=CCNC(=NCc1ccc(OC)c(Cl)c1)NCc1nnc(C)n1C. The Hall–Kier alpha value is -2.54. The van der Waals surface area contributed by atoms with Crippen LogP contribution in [0.15, 0.2) is 35.8 Å². The number of benzene rings is 1. The van der Waals surface area contributed by atoms with Gasteiger partial charge in [0.1, 0.15) is 11.6 Å². The fourth-order valence-corrected chi connectivity index (χ4v) is 2.37. The lowest BCUT2D eigenvalue weighted by atomic mass is 10.2. The first kappa shape index (κ1) is 18.8. The van der Waals surface area contributed by atoms with Crippen LogP contribution < -0.4 is 15.4 Å². The number of guanidine groups is 1. The van der Waals surface area contributed by atoms with Gasteiger partial charge in [-0.2, -0.15) is 0 Å². The largest absolute Gasteiger partial charge is 0.495 e. The second-order valence-corrected chi connectivity index (χ2v) is 5.79. The monoisotopic (exact) mass is 362 g/mol. The topological polar surface area (TPSA) is 76.4 Å². The Morgan fingerprint density at radius 2 is 2.20 bits per heavy atom. The van der Waals surface area contributed by atoms with Crippen molar-refractivity contribution in [3.05, 3.63) is 53.1 Å². The molecule has 1 aromatic heterocycles. The maximum absolute atomic E-state index is 6.15. The first-order valence-electron chi connectivity index (χ1n) is 7.85. The first-order chi connectivity index (χ1) is 12.0. The van der Waals surface area contributed by atoms with E-state index in [-0.39, 0.29) is 0 Å². The van der Waals surface area contributed by atoms with Gasteiger partial charge in [0, 0.05) is 13.6 Å². The van der Waals surface area contributed by atoms with Crippen LogP contribution in [-0.4, -0.2) is 34.4 Å². The molecule has 0 radical (unpaired) electrons. The lowest BCUT2D eigenvalue weighted by Gasteiger charge is -2.11. The number of hydrogen-bond acceptors (Lipinski definition) is 4. The van der Waals surface area contributed by atoms with Gasteiger partial charge in [0.15, 0.2) is 11.8 Å². The summed E-state index contributed by atoms with van der Waals surface area (Å²) in [5.41, 5.74) is 0.986. The van der Waals surface area contributed by atoms with Crippen LogP contribution in [0.2, 0.25) is 5.02 Å². The number of aryl methyl sites for hydroxylation is 1. The van der Waals surface area contributed by atoms with E-state index in [9.17, 15) is 0 Å². The number of aromatic nitrogens is 3. The zero-order valence-corrected chi connectivity index (χ0v) is 15.5. The van der Waals surface area contributed by atoms with Gasteiger partial charge in [0.25, 0.3) is 0 Å². The van der Waals surface area contributed by atoms with Crippen molar-refractivity contribution in [2.75, 3.05) is 13.7 Å². The Morgan fingerprint density at radius 3 is 2.80 bits per heavy atom. The normalized spacial score (nSPS) is 11.3. The van der Waals surface area contributed by atoms with Crippen molar-refractivity contribution in [1.29, 1.82) is 0 Å². The van der Waals surface area contributed by atoms with E-state index >= 15 is 0 Å². The van der Waals surface area contributed by atoms with E-state index in [1.54, 1.807) is 13.2 Å². The number of aliphatic imine (C=N–C) groups is 1. The minimum Gasteiger partial charge on any atom is -0.495 e. The minimum absolute atomic E-state index is 0.480. The lowest BCUT2D eigenvalue weighted by molar-refractivity contribution is 0.415. The van der Waals surface area contributed by atoms with Crippen LogP contribution in [0.5, 0.6) is 5.75 Å². The van der Waals surface area contributed by atoms with E-state index < -0.39 is 0 Å². The van der Waals surface area contributed by atoms with Gasteiger partial charge >= 0.3 is 0 Å². The summed E-state index contributed by atoms with van der Waals surface area (Å²) in [4.78, 5) is 4.57. The maximum Gasteiger partial charge on any atom is 0.192 e. The number of rotatable bonds is 7. The minimum atomic E-state index is 0.480. The van der Waals surface area contributed by atoms with Crippen molar-refractivity contribution >= 4 is 17.6 Å². The molecule has 2 N–H and O–H groups in total. The number of nitrogens with one attached hydrogen (secondary N) is 2. The summed E-state index contributed by atoms with van der Waals surface area (Å²) >= 11 is 6.15. The molecule has 1 aromatic carbocycles. The van der Waals surface area contributed by atoms with E-state index in [0.717, 1.165) is 17.2 Å². The summed E-state index contributed by atoms with van der Waals surface area (Å²) in [5, 5.41) is 15.2. The molecule has 0 aliphatic rings. The molecule has 0 aliphatic carbocycles. The maximum atomic E-state index is 6.15. The molecule has 0 bridgehead atoms. The molecule has 0 unspecified atom stereocenters. The third kappa shape index (κ3) is 5.22. The van der Waals surface area contributed by atoms with Gasteiger partial charge in [0.05, 0.1) is 25.2 Å². The Labute approximate surface area is 152 Å². The van der Waals surface area contributed by atoms with Gasteiger partial charge in [-0.15, -0.1) is 16.8 Å². The second-order valence-electron chi connectivity index (χ2n) is 5.38. The highest BCUT2D eigenvalue weighted by molar-refractivity contribution is 6.32. The van der Waals surface area contributed by atoms with Crippen LogP contribution in [0.1, 0.15) is 17.2 Å². The van der Waals surface area contributed by atoms with Gasteiger partial charge in [-0.3, -0.25) is 0 Å². The second kappa shape index (κ2) is 9.08. The summed E-state index contributed by atoms with van der Waals surface area (Å²) < 4.78 is 7.09. The molecular weight excluding hydrogens is 340 g/mol. The van der Waals surface area contributed by atoms with Gasteiger partial charge < -0.3 is 19.9 Å². The summed E-state index contributed by atoms with van der Waals surface area (Å²) in [5.74, 6) is 3.00. The molecule has 0 aliphatic heterocycles. The van der Waals surface area contributed by atoms with Crippen molar-refractivity contribution in [3.8, 4) is 5.75 Å². The molecule has 134 valence electrons. The molecule has 0 saturated carbocycles. The van der Waals surface area contributed by atoms with E-state index in [2.05, 4.69) is 32.4 Å². The average molecular weight is 363 g/mol. The summed E-state index contributed by atoms with van der Waals surface area (Å²) in [6.07, 6.45) is 1.77. The van der Waals surface area contributed by atoms with Gasteiger partial charge in [-0.1, -0.05) is 23.7 Å². The molecule has 0 saturated heterocycles. The van der Waals surface area contributed by atoms with E-state index in [0.29, 0.717) is 36.4 Å². The van der Waals surface area contributed by atoms with Crippen molar-refractivity contribution in [3.63, 3.8) is 0 Å². The van der Waals surface area contributed by atoms with Crippen LogP contribution in [0.25, 0.3) is 0 Å². The average Bonchev–Trinajstić information content (AvgIpc) is 2.93. The smallest absolute Gasteiger partial charge is 0.192 e. The molecule has 2 aromatic rings. The Bertz CT molecular complexity index is 756. The van der Waals surface area contributed by atoms with Crippen molar-refractivity contribution in [2.45, 2.75) is 20.0 Å². The van der Waals surface area contributed by atoms with Crippen LogP contribution in [-0.2, 0) is 20.1 Å². The fraction of sp³-hybridized carbons (Fsp3) is 0.353. The fourth-order valence-electron chi connectivity index (χ4n) is 2.09. The molecule has 1 heterocycles. The van der Waals surface area contributed by atoms with E-state index in [4.69, 9.17) is 16.3 Å². The van der Waals surface area contributed by atoms with Crippen LogP contribution in [0.3, 0.4) is 0 Å². The van der Waals surface area contributed by atoms with Crippen LogP contribution in [0, 0.1) is 6.92 Å². The number of methoxy groups -OCH3 is 1. The van der Waals surface area contributed by atoms with E-state index in [1.807, 2.05) is 36.7 Å². The molecule has 7 nitrogen and oxygen atoms in total. The number of hydrogen-bond donors (Lipinski definition) is 2. The number of ether oxygens (including phenoxy) is 1. The van der Waals surface area contributed by atoms with E-state index in [1.165, 1.54) is 0 Å². The third-order valence-corrected chi connectivity index (χ3v) is 3.94. The zero-order valence-electron chi connectivity index (χ0n) is 14.7. The van der Waals surface area contributed by atoms with Crippen molar-refractivity contribution in [1.82, 2.24) is 25.4 Å². The molecule has 0 atom stereocenters. The molecule has 0 spiro atoms. The van der Waals surface area contributed by atoms with Gasteiger partial charge in [-0.25, -0.2) is 4.99 Å². The summed E-state index contributed by atoms with van der Waals surface area (Å²) in [6, 6.07) is 5.62. The standard InChI is InChI=1S/C17H23ClN6O/c1-5-8-19-17(21-11-16-23-22-12(2)24(16)3)20-10-13-6-7-15(25-4)14(18)9-13/h5-7,9H,1,8,10-11H2,2-4H3,(H2,19,20,21). The quantitative estimate of drug-likeness (QED) is 0.448. The molecule has 25 heavy (non-hydrogen) atoms. The van der Waals surface area contributed by atoms with Crippen molar-refractivity contribution in [2.24, 2.45) is 12.0 Å². The summed E-state index contributed by atoms with van der Waals surface area (Å²) in [7, 11) is 3.52. The van der Waals surface area contributed by atoms with Crippen LogP contribution >= 0.6 is 11.6 Å². The zero-order chi connectivity index (χ0) is 18.2. The number of nitrogens with zero attached hydrogens (tertiary/aromatic N) is 4. The number of halogens is 1. The molecule has 0 fully saturated rings. The lowest BCUT2D eigenvalue weighted by Crippen LogP contribution is -2.37. The molecule has 8 heteroatoms. The highest BCUT2D eigenvalue weighted by atomic mass is 35.5. The molecule has 2 rings (SSSR count). The van der Waals surface area contributed by atoms with Crippen molar-refractivity contribution < 1.29 is 4.74 Å². The molecule has 0 amide bonds. The van der Waals surface area contributed by atoms with Gasteiger partial charge in [-0.05, 0) is 24.6 Å². The van der Waals surface area contributed by atoms with Gasteiger partial charge in [0.2, 0.25) is 0 Å². The predicted octanol–water partition coefficient (Wildman–Crippen LogP) is 2.21. The first-order valence-corrected chi connectivity index (χ1v) is 8.23. The molecular formula is C17H23ClN6O. The Morgan fingerprint density at radius 1 is 1.40 bits per heavy atom. The Balaban J connectivity index is 2.05. The predicted molar refractivity (Wildman–Crippen MR) is 99.9 cm³/mol. The highest BCUT2D eigenvalue weighted by Gasteiger charge is 2.06.